The van der Waals surface area contributed by atoms with E-state index in [9.17, 15) is 14.4 Å². The third kappa shape index (κ3) is 26.2. The molecular weight excluding hydrogens is 356 g/mol. The Morgan fingerprint density at radius 3 is 1.59 bits per heavy atom. The molecule has 8 heteroatoms. The fraction of sp³-hybridized carbons (Fsp3) is 0.632. The van der Waals surface area contributed by atoms with Gasteiger partial charge in [-0.25, -0.2) is 9.59 Å². The van der Waals surface area contributed by atoms with E-state index in [0.717, 1.165) is 19.3 Å². The van der Waals surface area contributed by atoms with Crippen LogP contribution < -0.4 is 0 Å². The molecule has 4 N–H and O–H groups in total. The Morgan fingerprint density at radius 2 is 1.33 bits per heavy atom. The van der Waals surface area contributed by atoms with Crippen molar-refractivity contribution >= 4 is 17.9 Å². The van der Waals surface area contributed by atoms with Gasteiger partial charge in [-0.2, -0.15) is 0 Å². The van der Waals surface area contributed by atoms with Crippen LogP contribution in [-0.4, -0.2) is 58.2 Å². The van der Waals surface area contributed by atoms with Crippen molar-refractivity contribution in [1.29, 1.82) is 0 Å². The van der Waals surface area contributed by atoms with Crippen LogP contribution in [0.4, 0.5) is 0 Å². The number of carboxylic acids is 2. The van der Waals surface area contributed by atoms with Gasteiger partial charge in [0.1, 0.15) is 0 Å². The zero-order chi connectivity index (χ0) is 22.0. The number of rotatable bonds is 4. The zero-order valence-electron chi connectivity index (χ0n) is 16.8. The van der Waals surface area contributed by atoms with Crippen LogP contribution in [0.1, 0.15) is 53.4 Å². The molecule has 0 unspecified atom stereocenters. The van der Waals surface area contributed by atoms with Crippen LogP contribution >= 0.6 is 0 Å². The second-order valence-corrected chi connectivity index (χ2v) is 6.68. The molecule has 27 heavy (non-hydrogen) atoms. The van der Waals surface area contributed by atoms with Gasteiger partial charge < -0.3 is 25.2 Å². The normalized spacial score (nSPS) is 12.9. The van der Waals surface area contributed by atoms with Gasteiger partial charge in [0.05, 0.1) is 19.8 Å². The van der Waals surface area contributed by atoms with Crippen LogP contribution in [0.2, 0.25) is 0 Å². The maximum absolute atomic E-state index is 10.5. The van der Waals surface area contributed by atoms with E-state index in [1.54, 1.807) is 13.8 Å². The van der Waals surface area contributed by atoms with Crippen LogP contribution in [0.15, 0.2) is 24.3 Å². The first-order valence-electron chi connectivity index (χ1n) is 8.45. The van der Waals surface area contributed by atoms with Crippen LogP contribution in [0, 0.1) is 5.41 Å². The minimum absolute atomic E-state index is 0.0255. The number of aliphatic hydroxyl groups is 2. The molecule has 0 spiro atoms. The molecule has 0 aromatic rings. The third-order valence-electron chi connectivity index (χ3n) is 2.87. The molecule has 0 aromatic heterocycles. The molecule has 0 saturated carbocycles. The summed E-state index contributed by atoms with van der Waals surface area (Å²) in [6.45, 7) is 13.5. The summed E-state index contributed by atoms with van der Waals surface area (Å²) in [4.78, 5) is 29.7. The van der Waals surface area contributed by atoms with Crippen molar-refractivity contribution in [1.82, 2.24) is 0 Å². The Morgan fingerprint density at radius 1 is 0.963 bits per heavy atom. The van der Waals surface area contributed by atoms with Gasteiger partial charge in [0.25, 0.3) is 0 Å². The largest absolute Gasteiger partial charge is 0.478 e. The lowest BCUT2D eigenvalue weighted by atomic mass is 9.97. The van der Waals surface area contributed by atoms with Gasteiger partial charge in [0.15, 0.2) is 0 Å². The zero-order valence-corrected chi connectivity index (χ0v) is 16.8. The molecule has 0 amide bonds. The molecule has 0 aliphatic carbocycles. The van der Waals surface area contributed by atoms with E-state index in [2.05, 4.69) is 13.2 Å². The first-order chi connectivity index (χ1) is 12.3. The number of ether oxygens (including phenoxy) is 1. The summed E-state index contributed by atoms with van der Waals surface area (Å²) in [6, 6.07) is 0. The van der Waals surface area contributed by atoms with Gasteiger partial charge in [-0.15, -0.1) is 0 Å². The van der Waals surface area contributed by atoms with E-state index in [-0.39, 0.29) is 35.7 Å². The van der Waals surface area contributed by atoms with E-state index in [0.29, 0.717) is 13.0 Å². The fourth-order valence-corrected chi connectivity index (χ4v) is 0.856. The number of aliphatic carboxylic acids is 2. The highest BCUT2D eigenvalue weighted by Crippen LogP contribution is 2.10. The van der Waals surface area contributed by atoms with Crippen molar-refractivity contribution in [2.24, 2.45) is 5.41 Å². The highest BCUT2D eigenvalue weighted by Gasteiger charge is 2.13. The predicted octanol–water partition coefficient (Wildman–Crippen LogP) is 2.39. The Bertz CT molecular complexity index is 416. The average molecular weight is 390 g/mol. The molecule has 1 fully saturated rings. The minimum atomic E-state index is -0.935. The van der Waals surface area contributed by atoms with Gasteiger partial charge in [-0.05, 0) is 33.1 Å². The van der Waals surface area contributed by atoms with Crippen molar-refractivity contribution in [2.45, 2.75) is 53.4 Å². The molecule has 0 radical (unpaired) electrons. The maximum atomic E-state index is 10.5. The van der Waals surface area contributed by atoms with Gasteiger partial charge in [-0.3, -0.25) is 4.79 Å². The van der Waals surface area contributed by atoms with Crippen molar-refractivity contribution in [3.05, 3.63) is 24.3 Å². The van der Waals surface area contributed by atoms with E-state index in [1.165, 1.54) is 13.8 Å². The lowest BCUT2D eigenvalue weighted by molar-refractivity contribution is -0.142. The van der Waals surface area contributed by atoms with Crippen molar-refractivity contribution in [3.63, 3.8) is 0 Å². The Balaban J connectivity index is -0.000000287. The number of aliphatic hydroxyl groups excluding tert-OH is 2. The Hall–Kier alpha value is -2.19. The second kappa shape index (κ2) is 17.2. The average Bonchev–Trinajstić information content (AvgIpc) is 2.84. The smallest absolute Gasteiger partial charge is 0.330 e. The molecule has 1 heterocycles. The Kier molecular flexibility index (Phi) is 18.9. The van der Waals surface area contributed by atoms with E-state index < -0.39 is 11.9 Å². The molecule has 0 bridgehead atoms. The second-order valence-electron chi connectivity index (χ2n) is 6.68. The van der Waals surface area contributed by atoms with Crippen LogP contribution in [0.5, 0.6) is 0 Å². The van der Waals surface area contributed by atoms with Crippen LogP contribution in [0.3, 0.4) is 0 Å². The molecule has 1 rings (SSSR count). The number of carbonyl (C=O) groups is 3. The molecule has 0 atom stereocenters. The number of esters is 1. The molecule has 1 aliphatic rings. The lowest BCUT2D eigenvalue weighted by Gasteiger charge is -2.16. The van der Waals surface area contributed by atoms with E-state index in [4.69, 9.17) is 25.2 Å². The van der Waals surface area contributed by atoms with Gasteiger partial charge in [0, 0.05) is 23.0 Å². The van der Waals surface area contributed by atoms with Crippen LogP contribution in [0.25, 0.3) is 0 Å². The van der Waals surface area contributed by atoms with Gasteiger partial charge in [0.2, 0.25) is 0 Å². The van der Waals surface area contributed by atoms with Crippen molar-refractivity contribution < 1.29 is 39.5 Å². The van der Waals surface area contributed by atoms with E-state index >= 15 is 0 Å². The summed E-state index contributed by atoms with van der Waals surface area (Å²) in [6.07, 6.45) is 3.83. The third-order valence-corrected chi connectivity index (χ3v) is 2.87. The first kappa shape index (κ1) is 29.6. The first-order valence-corrected chi connectivity index (χ1v) is 8.45. The standard InChI is InChI=1S/C6H10O2.C5H12O2.2C4H6O2/c7-6-4-2-1-3-5-8-6;1-5(2,3-6)4-7;2*1-3(2)4(5)6/h1-5H2;6-7H,3-4H2,1-2H3;2*1H2,2H3,(H,5,6). The maximum Gasteiger partial charge on any atom is 0.330 e. The molecule has 158 valence electrons. The number of hydrogen-bond acceptors (Lipinski definition) is 6. The molecular formula is C19H34O8. The monoisotopic (exact) mass is 390 g/mol. The fourth-order valence-electron chi connectivity index (χ4n) is 0.856. The summed E-state index contributed by atoms with van der Waals surface area (Å²) in [5.74, 6) is -1.90. The highest BCUT2D eigenvalue weighted by molar-refractivity contribution is 5.85. The van der Waals surface area contributed by atoms with Gasteiger partial charge >= 0.3 is 17.9 Å². The summed E-state index contributed by atoms with van der Waals surface area (Å²) in [5, 5.41) is 32.7. The highest BCUT2D eigenvalue weighted by atomic mass is 16.5. The predicted molar refractivity (Wildman–Crippen MR) is 102 cm³/mol. The van der Waals surface area contributed by atoms with Crippen molar-refractivity contribution in [2.75, 3.05) is 19.8 Å². The number of carboxylic acid groups (broad SMARTS) is 2. The van der Waals surface area contributed by atoms with Gasteiger partial charge in [-0.1, -0.05) is 27.0 Å². The van der Waals surface area contributed by atoms with E-state index in [1.807, 2.05) is 0 Å². The molecule has 0 aromatic carbocycles. The lowest BCUT2D eigenvalue weighted by Crippen LogP contribution is -2.20. The molecule has 8 nitrogen and oxygen atoms in total. The molecule has 1 saturated heterocycles. The van der Waals surface area contributed by atoms with Crippen LogP contribution in [-0.2, 0) is 19.1 Å². The Labute approximate surface area is 161 Å². The number of cyclic esters (lactones) is 1. The summed E-state index contributed by atoms with van der Waals surface area (Å²) < 4.78 is 4.76. The number of hydrogen-bond donors (Lipinski definition) is 4. The quantitative estimate of drug-likeness (QED) is 0.423. The topological polar surface area (TPSA) is 141 Å². The summed E-state index contributed by atoms with van der Waals surface area (Å²) >= 11 is 0. The SMILES string of the molecule is C=C(C)C(=O)O.C=C(C)C(=O)O.CC(C)(CO)CO.O=C1CCCCCO1. The molecule has 1 aliphatic heterocycles. The summed E-state index contributed by atoms with van der Waals surface area (Å²) in [5.41, 5.74) is 0.0463. The van der Waals surface area contributed by atoms with Crippen molar-refractivity contribution in [3.8, 4) is 0 Å². The summed E-state index contributed by atoms with van der Waals surface area (Å²) in [7, 11) is 0. The minimum Gasteiger partial charge on any atom is -0.478 e. The number of carbonyl (C=O) groups excluding carboxylic acids is 1.